The molecule has 64 valence electrons. The lowest BCUT2D eigenvalue weighted by Crippen LogP contribution is -2.25. The Labute approximate surface area is 66.1 Å². The lowest BCUT2D eigenvalue weighted by molar-refractivity contribution is -0.169. The number of Topliss-reactive ketones (excluding diaryl/α,β-unsaturated/α-hetero) is 1. The van der Waals surface area contributed by atoms with Gasteiger partial charge in [0.1, 0.15) is 5.78 Å². The van der Waals surface area contributed by atoms with Crippen LogP contribution in [0, 0.1) is 0 Å². The number of amides is 1. The molecule has 11 heavy (non-hydrogen) atoms. The predicted octanol–water partition coefficient (Wildman–Crippen LogP) is 0.375. The highest BCUT2D eigenvalue weighted by Crippen LogP contribution is 1.95. The maximum atomic E-state index is 10.9. The molecule has 0 aliphatic carbocycles. The van der Waals surface area contributed by atoms with Crippen molar-refractivity contribution in [3.8, 4) is 0 Å². The van der Waals surface area contributed by atoms with Crippen LogP contribution in [0.15, 0.2) is 0 Å². The highest BCUT2D eigenvalue weighted by molar-refractivity contribution is 5.82. The van der Waals surface area contributed by atoms with E-state index in [0.717, 1.165) is 5.06 Å². The summed E-state index contributed by atoms with van der Waals surface area (Å²) in [6.45, 7) is 1.46. The Morgan fingerprint density at radius 1 is 1.36 bits per heavy atom. The number of nitrogens with zero attached hydrogens (tertiary/aromatic N) is 1. The Kier molecular flexibility index (Phi) is 4.45. The summed E-state index contributed by atoms with van der Waals surface area (Å²) in [6, 6.07) is 0. The van der Waals surface area contributed by atoms with Crippen molar-refractivity contribution in [3.05, 3.63) is 0 Å². The average molecular weight is 159 g/mol. The fourth-order valence-electron chi connectivity index (χ4n) is 0.542. The van der Waals surface area contributed by atoms with E-state index in [-0.39, 0.29) is 24.5 Å². The van der Waals surface area contributed by atoms with Crippen molar-refractivity contribution in [2.24, 2.45) is 0 Å². The molecule has 0 aliphatic heterocycles. The molecule has 0 spiro atoms. The molecular weight excluding hydrogens is 146 g/mol. The Morgan fingerprint density at radius 2 is 1.91 bits per heavy atom. The van der Waals surface area contributed by atoms with Crippen molar-refractivity contribution >= 4 is 11.7 Å². The number of carbonyl (C=O) groups excluding carboxylic acids is 2. The molecule has 0 bridgehead atoms. The molecule has 0 heterocycles. The van der Waals surface area contributed by atoms with Crippen molar-refractivity contribution in [3.63, 3.8) is 0 Å². The van der Waals surface area contributed by atoms with Crippen LogP contribution in [0.2, 0.25) is 0 Å². The highest BCUT2D eigenvalue weighted by Gasteiger charge is 2.07. The predicted molar refractivity (Wildman–Crippen MR) is 39.7 cm³/mol. The molecule has 1 amide bonds. The SMILES string of the molecule is CON(C)C(=O)CCC(C)=O. The summed E-state index contributed by atoms with van der Waals surface area (Å²) < 4.78 is 0. The third-order valence-electron chi connectivity index (χ3n) is 1.32. The molecule has 4 nitrogen and oxygen atoms in total. The Morgan fingerprint density at radius 3 is 2.27 bits per heavy atom. The van der Waals surface area contributed by atoms with Crippen LogP contribution < -0.4 is 0 Å². The number of hydrogen-bond donors (Lipinski definition) is 0. The largest absolute Gasteiger partial charge is 0.300 e. The van der Waals surface area contributed by atoms with Crippen molar-refractivity contribution in [1.82, 2.24) is 5.06 Å². The van der Waals surface area contributed by atoms with Gasteiger partial charge in [0.2, 0.25) is 5.91 Å². The Hall–Kier alpha value is -0.900. The van der Waals surface area contributed by atoms with Gasteiger partial charge in [-0.15, -0.1) is 0 Å². The summed E-state index contributed by atoms with van der Waals surface area (Å²) in [7, 11) is 2.92. The fraction of sp³-hybridized carbons (Fsp3) is 0.714. The van der Waals surface area contributed by atoms with E-state index in [2.05, 4.69) is 4.84 Å². The van der Waals surface area contributed by atoms with E-state index >= 15 is 0 Å². The average Bonchev–Trinajstić information content (AvgIpc) is 1.98. The van der Waals surface area contributed by atoms with E-state index in [1.54, 1.807) is 0 Å². The van der Waals surface area contributed by atoms with E-state index in [1.165, 1.54) is 21.1 Å². The van der Waals surface area contributed by atoms with E-state index in [0.29, 0.717) is 0 Å². The normalized spacial score (nSPS) is 9.36. The molecule has 0 aliphatic rings. The van der Waals surface area contributed by atoms with Crippen LogP contribution in [0.25, 0.3) is 0 Å². The van der Waals surface area contributed by atoms with Gasteiger partial charge in [-0.1, -0.05) is 0 Å². The standard InChI is InChI=1S/C7H13NO3/c1-6(9)4-5-7(10)8(2)11-3/h4-5H2,1-3H3. The van der Waals surface area contributed by atoms with Crippen LogP contribution in [0.1, 0.15) is 19.8 Å². The van der Waals surface area contributed by atoms with E-state index in [4.69, 9.17) is 0 Å². The minimum atomic E-state index is -0.178. The summed E-state index contributed by atoms with van der Waals surface area (Å²) in [4.78, 5) is 26.0. The summed E-state index contributed by atoms with van der Waals surface area (Å²) in [6.07, 6.45) is 0.506. The molecule has 0 rings (SSSR count). The fourth-order valence-corrected chi connectivity index (χ4v) is 0.542. The first-order valence-corrected chi connectivity index (χ1v) is 3.38. The van der Waals surface area contributed by atoms with Gasteiger partial charge in [-0.2, -0.15) is 0 Å². The molecule has 4 heteroatoms. The molecule has 0 saturated heterocycles. The van der Waals surface area contributed by atoms with Crippen LogP contribution in [0.3, 0.4) is 0 Å². The lowest BCUT2D eigenvalue weighted by Gasteiger charge is -2.12. The van der Waals surface area contributed by atoms with E-state index < -0.39 is 0 Å². The van der Waals surface area contributed by atoms with Crippen LogP contribution in [-0.4, -0.2) is 30.9 Å². The molecule has 0 atom stereocenters. The third kappa shape index (κ3) is 4.50. The number of carbonyl (C=O) groups is 2. The number of hydroxylamine groups is 2. The van der Waals surface area contributed by atoms with E-state index in [9.17, 15) is 9.59 Å². The molecule has 0 unspecified atom stereocenters. The van der Waals surface area contributed by atoms with Crippen molar-refractivity contribution in [2.45, 2.75) is 19.8 Å². The van der Waals surface area contributed by atoms with Gasteiger partial charge >= 0.3 is 0 Å². The second kappa shape index (κ2) is 4.85. The zero-order valence-electron chi connectivity index (χ0n) is 7.09. The smallest absolute Gasteiger partial charge is 0.246 e. The number of hydrogen-bond acceptors (Lipinski definition) is 3. The molecule has 0 aromatic carbocycles. The van der Waals surface area contributed by atoms with Gasteiger partial charge in [0, 0.05) is 19.9 Å². The van der Waals surface area contributed by atoms with Gasteiger partial charge in [0.25, 0.3) is 0 Å². The maximum Gasteiger partial charge on any atom is 0.246 e. The Bertz CT molecular complexity index is 156. The minimum absolute atomic E-state index is 0.0165. The zero-order chi connectivity index (χ0) is 8.85. The molecule has 0 aromatic rings. The van der Waals surface area contributed by atoms with Gasteiger partial charge in [-0.05, 0) is 6.92 Å². The second-order valence-electron chi connectivity index (χ2n) is 2.28. The van der Waals surface area contributed by atoms with Gasteiger partial charge in [0.15, 0.2) is 0 Å². The van der Waals surface area contributed by atoms with Gasteiger partial charge < -0.3 is 4.79 Å². The highest BCUT2D eigenvalue weighted by atomic mass is 16.7. The first-order chi connectivity index (χ1) is 5.07. The minimum Gasteiger partial charge on any atom is -0.300 e. The monoisotopic (exact) mass is 159 g/mol. The van der Waals surface area contributed by atoms with Crippen molar-refractivity contribution in [1.29, 1.82) is 0 Å². The van der Waals surface area contributed by atoms with Gasteiger partial charge in [-0.25, -0.2) is 5.06 Å². The van der Waals surface area contributed by atoms with Crippen LogP contribution in [0.5, 0.6) is 0 Å². The third-order valence-corrected chi connectivity index (χ3v) is 1.32. The van der Waals surface area contributed by atoms with Crippen LogP contribution >= 0.6 is 0 Å². The van der Waals surface area contributed by atoms with Crippen LogP contribution in [0.4, 0.5) is 0 Å². The van der Waals surface area contributed by atoms with Crippen molar-refractivity contribution < 1.29 is 14.4 Å². The second-order valence-corrected chi connectivity index (χ2v) is 2.28. The molecular formula is C7H13NO3. The summed E-state index contributed by atoms with van der Waals surface area (Å²) >= 11 is 0. The quantitative estimate of drug-likeness (QED) is 0.557. The van der Waals surface area contributed by atoms with Gasteiger partial charge in [0.05, 0.1) is 7.11 Å². The first kappa shape index (κ1) is 10.1. The van der Waals surface area contributed by atoms with Crippen LogP contribution in [-0.2, 0) is 14.4 Å². The molecule has 0 fully saturated rings. The van der Waals surface area contributed by atoms with Crippen molar-refractivity contribution in [2.75, 3.05) is 14.2 Å². The topological polar surface area (TPSA) is 46.6 Å². The molecule has 0 aromatic heterocycles. The summed E-state index contributed by atoms with van der Waals surface area (Å²) in [5, 5.41) is 1.11. The Balaban J connectivity index is 3.60. The molecule has 0 N–H and O–H groups in total. The number of ketones is 1. The first-order valence-electron chi connectivity index (χ1n) is 3.38. The van der Waals surface area contributed by atoms with Gasteiger partial charge in [-0.3, -0.25) is 9.63 Å². The lowest BCUT2D eigenvalue weighted by atomic mass is 10.2. The number of rotatable bonds is 4. The zero-order valence-corrected chi connectivity index (χ0v) is 7.09. The maximum absolute atomic E-state index is 10.9. The molecule has 0 saturated carbocycles. The molecule has 0 radical (unpaired) electrons. The summed E-state index contributed by atoms with van der Waals surface area (Å²) in [5.74, 6) is -0.162. The summed E-state index contributed by atoms with van der Waals surface area (Å²) in [5.41, 5.74) is 0. The van der Waals surface area contributed by atoms with E-state index in [1.807, 2.05) is 0 Å².